The first-order valence-electron chi connectivity index (χ1n) is 5.25. The molecule has 0 aliphatic carbocycles. The Balaban J connectivity index is 2.49. The zero-order valence-electron chi connectivity index (χ0n) is 9.42. The number of benzene rings is 2. The van der Waals surface area contributed by atoms with Gasteiger partial charge in [0.25, 0.3) is 0 Å². The van der Waals surface area contributed by atoms with Crippen molar-refractivity contribution in [3.05, 3.63) is 53.8 Å². The molecule has 2 aromatic carbocycles. The van der Waals surface area contributed by atoms with E-state index in [1.54, 1.807) is 6.07 Å². The van der Waals surface area contributed by atoms with E-state index in [1.165, 1.54) is 0 Å². The third kappa shape index (κ3) is 2.06. The van der Waals surface area contributed by atoms with Crippen molar-refractivity contribution in [2.45, 2.75) is 6.92 Å². The van der Waals surface area contributed by atoms with Crippen LogP contribution in [0.1, 0.15) is 5.56 Å². The number of halogens is 1. The maximum Gasteiger partial charge on any atom is 0.131 e. The van der Waals surface area contributed by atoms with Crippen LogP contribution in [-0.2, 0) is 0 Å². The second-order valence-electron chi connectivity index (χ2n) is 3.81. The lowest BCUT2D eigenvalue weighted by molar-refractivity contribution is 0.630. The summed E-state index contributed by atoms with van der Waals surface area (Å²) in [7, 11) is 1.85. The minimum atomic E-state index is -0.173. The van der Waals surface area contributed by atoms with Crippen LogP contribution >= 0.6 is 0 Å². The van der Waals surface area contributed by atoms with Gasteiger partial charge in [0.2, 0.25) is 0 Å². The van der Waals surface area contributed by atoms with Crippen molar-refractivity contribution in [2.24, 2.45) is 0 Å². The van der Waals surface area contributed by atoms with Crippen molar-refractivity contribution in [1.29, 1.82) is 0 Å². The van der Waals surface area contributed by atoms with E-state index < -0.39 is 0 Å². The third-order valence-corrected chi connectivity index (χ3v) is 2.59. The van der Waals surface area contributed by atoms with Gasteiger partial charge in [-0.15, -0.1) is 0 Å². The molecular weight excluding hydrogens is 201 g/mol. The maximum atomic E-state index is 13.8. The van der Waals surface area contributed by atoms with Gasteiger partial charge >= 0.3 is 0 Å². The van der Waals surface area contributed by atoms with E-state index >= 15 is 0 Å². The van der Waals surface area contributed by atoms with Crippen molar-refractivity contribution in [2.75, 3.05) is 12.4 Å². The smallest absolute Gasteiger partial charge is 0.131 e. The number of aryl methyl sites for hydroxylation is 1. The molecule has 0 heterocycles. The van der Waals surface area contributed by atoms with Gasteiger partial charge in [-0.25, -0.2) is 4.39 Å². The fourth-order valence-corrected chi connectivity index (χ4v) is 1.70. The Morgan fingerprint density at radius 3 is 2.56 bits per heavy atom. The first-order valence-corrected chi connectivity index (χ1v) is 5.25. The lowest BCUT2D eigenvalue weighted by atomic mass is 10.0. The molecule has 0 atom stereocenters. The Kier molecular flexibility index (Phi) is 2.91. The van der Waals surface area contributed by atoms with Crippen LogP contribution in [0.15, 0.2) is 42.5 Å². The lowest BCUT2D eigenvalue weighted by Crippen LogP contribution is -1.90. The van der Waals surface area contributed by atoms with Gasteiger partial charge in [-0.2, -0.15) is 0 Å². The summed E-state index contributed by atoms with van der Waals surface area (Å²) in [4.78, 5) is 0. The highest BCUT2D eigenvalue weighted by atomic mass is 19.1. The largest absolute Gasteiger partial charge is 0.388 e. The summed E-state index contributed by atoms with van der Waals surface area (Å²) in [6.07, 6.45) is 0. The molecule has 82 valence electrons. The monoisotopic (exact) mass is 215 g/mol. The van der Waals surface area contributed by atoms with Crippen LogP contribution in [0.4, 0.5) is 10.1 Å². The minimum Gasteiger partial charge on any atom is -0.388 e. The van der Waals surface area contributed by atoms with Crippen LogP contribution in [0, 0.1) is 12.7 Å². The van der Waals surface area contributed by atoms with Gasteiger partial charge in [0, 0.05) is 18.3 Å². The summed E-state index contributed by atoms with van der Waals surface area (Å²) >= 11 is 0. The third-order valence-electron chi connectivity index (χ3n) is 2.59. The molecular formula is C14H14FN. The molecule has 0 amide bonds. The van der Waals surface area contributed by atoms with Crippen LogP contribution in [0.2, 0.25) is 0 Å². The van der Waals surface area contributed by atoms with Crippen molar-refractivity contribution in [3.63, 3.8) is 0 Å². The number of hydrogen-bond acceptors (Lipinski definition) is 1. The molecule has 0 aliphatic rings. The second kappa shape index (κ2) is 4.35. The Bertz CT molecular complexity index is 506. The quantitative estimate of drug-likeness (QED) is 0.802. The average Bonchev–Trinajstić information content (AvgIpc) is 2.29. The summed E-state index contributed by atoms with van der Waals surface area (Å²) in [5, 5.41) is 3.05. The Morgan fingerprint density at radius 1 is 1.06 bits per heavy atom. The summed E-state index contributed by atoms with van der Waals surface area (Å²) in [5.41, 5.74) is 3.45. The van der Waals surface area contributed by atoms with Gasteiger partial charge in [-0.05, 0) is 36.2 Å². The molecule has 0 aliphatic heterocycles. The predicted octanol–water partition coefficient (Wildman–Crippen LogP) is 3.84. The lowest BCUT2D eigenvalue weighted by Gasteiger charge is -2.06. The molecule has 0 spiro atoms. The highest BCUT2D eigenvalue weighted by molar-refractivity contribution is 5.68. The maximum absolute atomic E-state index is 13.8. The highest BCUT2D eigenvalue weighted by Crippen LogP contribution is 2.25. The zero-order chi connectivity index (χ0) is 11.5. The molecule has 2 rings (SSSR count). The van der Waals surface area contributed by atoms with Crippen molar-refractivity contribution < 1.29 is 4.39 Å². The SMILES string of the molecule is CNc1cccc(-c2ccc(C)cc2F)c1. The molecule has 0 radical (unpaired) electrons. The van der Waals surface area contributed by atoms with Gasteiger partial charge in [-0.1, -0.05) is 24.3 Å². The molecule has 1 nitrogen and oxygen atoms in total. The molecule has 0 aromatic heterocycles. The van der Waals surface area contributed by atoms with E-state index in [0.29, 0.717) is 5.56 Å². The molecule has 1 N–H and O–H groups in total. The number of hydrogen-bond donors (Lipinski definition) is 1. The molecule has 0 saturated heterocycles. The fourth-order valence-electron chi connectivity index (χ4n) is 1.70. The Morgan fingerprint density at radius 2 is 1.88 bits per heavy atom. The van der Waals surface area contributed by atoms with E-state index in [2.05, 4.69) is 5.32 Å². The van der Waals surface area contributed by atoms with E-state index in [0.717, 1.165) is 16.8 Å². The van der Waals surface area contributed by atoms with E-state index in [1.807, 2.05) is 50.4 Å². The molecule has 2 heteroatoms. The molecule has 16 heavy (non-hydrogen) atoms. The fraction of sp³-hybridized carbons (Fsp3) is 0.143. The van der Waals surface area contributed by atoms with E-state index in [9.17, 15) is 4.39 Å². The van der Waals surface area contributed by atoms with Crippen molar-refractivity contribution >= 4 is 5.69 Å². The topological polar surface area (TPSA) is 12.0 Å². The van der Waals surface area contributed by atoms with Crippen molar-refractivity contribution in [3.8, 4) is 11.1 Å². The van der Waals surface area contributed by atoms with Gasteiger partial charge in [0.15, 0.2) is 0 Å². The molecule has 0 unspecified atom stereocenters. The van der Waals surface area contributed by atoms with Gasteiger partial charge in [0.1, 0.15) is 5.82 Å². The average molecular weight is 215 g/mol. The molecule has 2 aromatic rings. The minimum absolute atomic E-state index is 0.173. The van der Waals surface area contributed by atoms with Gasteiger partial charge in [0.05, 0.1) is 0 Å². The number of nitrogens with one attached hydrogen (secondary N) is 1. The van der Waals surface area contributed by atoms with Crippen LogP contribution in [-0.4, -0.2) is 7.05 Å². The second-order valence-corrected chi connectivity index (χ2v) is 3.81. The summed E-state index contributed by atoms with van der Waals surface area (Å²) in [5.74, 6) is -0.173. The van der Waals surface area contributed by atoms with Crippen LogP contribution in [0.3, 0.4) is 0 Å². The van der Waals surface area contributed by atoms with Crippen LogP contribution in [0.25, 0.3) is 11.1 Å². The highest BCUT2D eigenvalue weighted by Gasteiger charge is 2.05. The summed E-state index contributed by atoms with van der Waals surface area (Å²) in [6.45, 7) is 1.89. The van der Waals surface area contributed by atoms with E-state index in [4.69, 9.17) is 0 Å². The molecule has 0 bridgehead atoms. The Labute approximate surface area is 94.9 Å². The first-order chi connectivity index (χ1) is 7.70. The summed E-state index contributed by atoms with van der Waals surface area (Å²) in [6, 6.07) is 13.0. The number of anilines is 1. The zero-order valence-corrected chi connectivity index (χ0v) is 9.42. The first kappa shape index (κ1) is 10.7. The molecule has 0 saturated carbocycles. The Hall–Kier alpha value is -1.83. The van der Waals surface area contributed by atoms with Crippen LogP contribution < -0.4 is 5.32 Å². The van der Waals surface area contributed by atoms with Crippen LogP contribution in [0.5, 0.6) is 0 Å². The van der Waals surface area contributed by atoms with Gasteiger partial charge < -0.3 is 5.32 Å². The standard InChI is InChI=1S/C14H14FN/c1-10-6-7-13(14(15)8-10)11-4-3-5-12(9-11)16-2/h3-9,16H,1-2H3. The van der Waals surface area contributed by atoms with Gasteiger partial charge in [-0.3, -0.25) is 0 Å². The van der Waals surface area contributed by atoms with E-state index in [-0.39, 0.29) is 5.82 Å². The summed E-state index contributed by atoms with van der Waals surface area (Å²) < 4.78 is 13.8. The molecule has 0 fully saturated rings. The normalized spacial score (nSPS) is 10.2. The predicted molar refractivity (Wildman–Crippen MR) is 66.1 cm³/mol. The number of rotatable bonds is 2. The van der Waals surface area contributed by atoms with Crippen molar-refractivity contribution in [1.82, 2.24) is 0 Å².